The maximum absolute atomic E-state index is 12.7. The van der Waals surface area contributed by atoms with Crippen molar-refractivity contribution < 1.29 is 36.2 Å². The number of benzene rings is 1. The molecule has 1 aromatic carbocycles. The van der Waals surface area contributed by atoms with Crippen LogP contribution in [-0.4, -0.2) is 17.6 Å². The van der Waals surface area contributed by atoms with Gasteiger partial charge in [0.1, 0.15) is 0 Å². The van der Waals surface area contributed by atoms with E-state index >= 15 is 0 Å². The molecule has 0 atom stereocenters. The number of alkyl halides is 6. The van der Waals surface area contributed by atoms with Crippen LogP contribution in [0, 0.1) is 5.41 Å². The summed E-state index contributed by atoms with van der Waals surface area (Å²) in [7, 11) is 0. The number of aliphatic carboxylic acids is 1. The standard InChI is InChI=1S/C15H17F6NO2/c1-13(2,12(23)24)3-4-22-8-9-5-10(14(16,17)18)7-11(6-9)15(19,20)21/h5-7,22H,3-4,8H2,1-2H3,(H,23,24). The molecular weight excluding hydrogens is 340 g/mol. The van der Waals surface area contributed by atoms with E-state index in [4.69, 9.17) is 5.11 Å². The lowest BCUT2D eigenvalue weighted by Crippen LogP contribution is -2.29. The Kier molecular flexibility index (Phi) is 5.91. The van der Waals surface area contributed by atoms with Gasteiger partial charge in [0, 0.05) is 6.54 Å². The average Bonchev–Trinajstić information content (AvgIpc) is 2.41. The molecule has 0 aliphatic heterocycles. The van der Waals surface area contributed by atoms with Crippen LogP contribution < -0.4 is 5.32 Å². The minimum atomic E-state index is -4.89. The summed E-state index contributed by atoms with van der Waals surface area (Å²) in [4.78, 5) is 10.9. The van der Waals surface area contributed by atoms with Crippen molar-refractivity contribution in [3.63, 3.8) is 0 Å². The van der Waals surface area contributed by atoms with E-state index in [0.717, 1.165) is 0 Å². The fourth-order valence-electron chi connectivity index (χ4n) is 1.86. The van der Waals surface area contributed by atoms with Crippen molar-refractivity contribution in [2.45, 2.75) is 39.2 Å². The normalized spacial score (nSPS) is 13.2. The van der Waals surface area contributed by atoms with Gasteiger partial charge in [-0.05, 0) is 50.6 Å². The lowest BCUT2D eigenvalue weighted by molar-refractivity contribution is -0.147. The largest absolute Gasteiger partial charge is 0.481 e. The second-order valence-corrected chi connectivity index (χ2v) is 6.03. The van der Waals surface area contributed by atoms with Gasteiger partial charge in [-0.25, -0.2) is 0 Å². The van der Waals surface area contributed by atoms with Crippen molar-refractivity contribution >= 4 is 5.97 Å². The second kappa shape index (κ2) is 7.00. The van der Waals surface area contributed by atoms with Crippen LogP contribution in [0.5, 0.6) is 0 Å². The van der Waals surface area contributed by atoms with Crippen LogP contribution in [0.1, 0.15) is 37.0 Å². The van der Waals surface area contributed by atoms with Gasteiger partial charge in [0.2, 0.25) is 0 Å². The Bertz CT molecular complexity index is 560. The lowest BCUT2D eigenvalue weighted by atomic mass is 9.90. The van der Waals surface area contributed by atoms with Crippen LogP contribution in [0.3, 0.4) is 0 Å². The number of hydrogen-bond donors (Lipinski definition) is 2. The molecule has 0 aliphatic rings. The molecule has 0 fully saturated rings. The van der Waals surface area contributed by atoms with E-state index in [1.54, 1.807) is 0 Å². The molecule has 2 N–H and O–H groups in total. The molecule has 0 spiro atoms. The average molecular weight is 357 g/mol. The number of hydrogen-bond acceptors (Lipinski definition) is 2. The molecule has 0 unspecified atom stereocenters. The molecular formula is C15H17F6NO2. The first-order chi connectivity index (χ1) is 10.7. The van der Waals surface area contributed by atoms with E-state index in [1.165, 1.54) is 13.8 Å². The monoisotopic (exact) mass is 357 g/mol. The zero-order valence-corrected chi connectivity index (χ0v) is 13.0. The van der Waals surface area contributed by atoms with Crippen molar-refractivity contribution in [1.82, 2.24) is 5.32 Å². The van der Waals surface area contributed by atoms with Crippen molar-refractivity contribution in [1.29, 1.82) is 0 Å². The van der Waals surface area contributed by atoms with E-state index in [2.05, 4.69) is 5.32 Å². The Morgan fingerprint density at radius 3 is 1.83 bits per heavy atom. The van der Waals surface area contributed by atoms with Gasteiger partial charge < -0.3 is 10.4 Å². The third kappa shape index (κ3) is 5.70. The number of carbonyl (C=O) groups is 1. The number of nitrogens with one attached hydrogen (secondary N) is 1. The Labute approximate surface area is 134 Å². The minimum absolute atomic E-state index is 0.0665. The van der Waals surface area contributed by atoms with Crippen LogP contribution >= 0.6 is 0 Å². The van der Waals surface area contributed by atoms with Crippen LogP contribution in [0.25, 0.3) is 0 Å². The van der Waals surface area contributed by atoms with Gasteiger partial charge in [-0.15, -0.1) is 0 Å². The topological polar surface area (TPSA) is 49.3 Å². The highest BCUT2D eigenvalue weighted by molar-refractivity contribution is 5.73. The van der Waals surface area contributed by atoms with E-state index in [0.29, 0.717) is 12.1 Å². The number of carboxylic acids is 1. The predicted octanol–water partition coefficient (Wildman–Crippen LogP) is 4.31. The summed E-state index contributed by atoms with van der Waals surface area (Å²) in [6, 6.07) is 1.35. The summed E-state index contributed by atoms with van der Waals surface area (Å²) in [6.45, 7) is 2.85. The summed E-state index contributed by atoms with van der Waals surface area (Å²) in [5, 5.41) is 11.6. The Morgan fingerprint density at radius 2 is 1.46 bits per heavy atom. The van der Waals surface area contributed by atoms with Crippen LogP contribution in [0.4, 0.5) is 26.3 Å². The summed E-state index contributed by atoms with van der Waals surface area (Å²) in [6.07, 6.45) is -9.60. The van der Waals surface area contributed by atoms with Gasteiger partial charge in [-0.1, -0.05) is 0 Å². The van der Waals surface area contributed by atoms with Crippen LogP contribution in [0.2, 0.25) is 0 Å². The number of rotatable bonds is 6. The molecule has 3 nitrogen and oxygen atoms in total. The molecule has 0 saturated carbocycles. The molecule has 136 valence electrons. The molecule has 1 aromatic rings. The summed E-state index contributed by atoms with van der Waals surface area (Å²) >= 11 is 0. The number of carboxylic acid groups (broad SMARTS) is 1. The Hall–Kier alpha value is -1.77. The highest BCUT2D eigenvalue weighted by Crippen LogP contribution is 2.36. The molecule has 0 heterocycles. The van der Waals surface area contributed by atoms with Gasteiger partial charge in [-0.3, -0.25) is 4.79 Å². The molecule has 0 aliphatic carbocycles. The van der Waals surface area contributed by atoms with E-state index < -0.39 is 34.9 Å². The first kappa shape index (κ1) is 20.3. The van der Waals surface area contributed by atoms with Crippen molar-refractivity contribution in [2.75, 3.05) is 6.54 Å². The quantitative estimate of drug-likeness (QED) is 0.589. The summed E-state index contributed by atoms with van der Waals surface area (Å²) in [5.74, 6) is -1.04. The van der Waals surface area contributed by atoms with E-state index in [1.807, 2.05) is 0 Å². The van der Waals surface area contributed by atoms with Gasteiger partial charge in [0.25, 0.3) is 0 Å². The molecule has 0 amide bonds. The van der Waals surface area contributed by atoms with Gasteiger partial charge in [0.15, 0.2) is 0 Å². The lowest BCUT2D eigenvalue weighted by Gasteiger charge is -2.19. The van der Waals surface area contributed by atoms with Gasteiger partial charge in [0.05, 0.1) is 16.5 Å². The Balaban J connectivity index is 2.86. The highest BCUT2D eigenvalue weighted by Gasteiger charge is 2.36. The molecule has 0 radical (unpaired) electrons. The predicted molar refractivity (Wildman–Crippen MR) is 74.2 cm³/mol. The van der Waals surface area contributed by atoms with Crippen LogP contribution in [-0.2, 0) is 23.7 Å². The SMILES string of the molecule is CC(C)(CCNCc1cc(C(F)(F)F)cc(C(F)(F)F)c1)C(=O)O. The first-order valence-corrected chi connectivity index (χ1v) is 6.96. The molecule has 9 heteroatoms. The third-order valence-corrected chi connectivity index (χ3v) is 3.48. The van der Waals surface area contributed by atoms with Gasteiger partial charge in [-0.2, -0.15) is 26.3 Å². The third-order valence-electron chi connectivity index (χ3n) is 3.48. The Morgan fingerprint density at radius 1 is 1.00 bits per heavy atom. The molecule has 0 aromatic heterocycles. The number of halogens is 6. The second-order valence-electron chi connectivity index (χ2n) is 6.03. The molecule has 1 rings (SSSR count). The van der Waals surface area contributed by atoms with Crippen molar-refractivity contribution in [3.05, 3.63) is 34.9 Å². The smallest absolute Gasteiger partial charge is 0.416 e. The zero-order valence-electron chi connectivity index (χ0n) is 13.0. The minimum Gasteiger partial charge on any atom is -0.481 e. The van der Waals surface area contributed by atoms with Crippen molar-refractivity contribution in [3.8, 4) is 0 Å². The fraction of sp³-hybridized carbons (Fsp3) is 0.533. The van der Waals surface area contributed by atoms with Crippen molar-refractivity contribution in [2.24, 2.45) is 5.41 Å². The first-order valence-electron chi connectivity index (χ1n) is 6.96. The molecule has 0 saturated heterocycles. The van der Waals surface area contributed by atoms with Gasteiger partial charge >= 0.3 is 18.3 Å². The molecule has 0 bridgehead atoms. The fourth-order valence-corrected chi connectivity index (χ4v) is 1.86. The van der Waals surface area contributed by atoms with E-state index in [9.17, 15) is 31.1 Å². The zero-order chi connectivity index (χ0) is 18.8. The van der Waals surface area contributed by atoms with E-state index in [-0.39, 0.29) is 31.1 Å². The van der Waals surface area contributed by atoms with Crippen LogP contribution in [0.15, 0.2) is 18.2 Å². The summed E-state index contributed by atoms with van der Waals surface area (Å²) < 4.78 is 76.3. The summed E-state index contributed by atoms with van der Waals surface area (Å²) in [5.41, 5.74) is -3.97. The maximum Gasteiger partial charge on any atom is 0.416 e. The molecule has 24 heavy (non-hydrogen) atoms. The maximum atomic E-state index is 12.7. The highest BCUT2D eigenvalue weighted by atomic mass is 19.4.